The topological polar surface area (TPSA) is 70.1 Å². The summed E-state index contributed by atoms with van der Waals surface area (Å²) in [6.45, 7) is 0.525. The van der Waals surface area contributed by atoms with E-state index in [1.165, 1.54) is 0 Å². The number of hydrogen-bond donors (Lipinski definition) is 1. The molecule has 0 saturated heterocycles. The number of benzene rings is 1. The molecule has 0 radical (unpaired) electrons. The second-order valence-electron chi connectivity index (χ2n) is 5.56. The molecule has 106 valence electrons. The molecule has 1 saturated carbocycles. The van der Waals surface area contributed by atoms with Gasteiger partial charge in [0.2, 0.25) is 5.91 Å². The molecule has 0 heterocycles. The fourth-order valence-corrected chi connectivity index (χ4v) is 2.84. The molecule has 1 aliphatic rings. The highest BCUT2D eigenvalue weighted by Crippen LogP contribution is 2.25. The van der Waals surface area contributed by atoms with Gasteiger partial charge in [-0.05, 0) is 30.5 Å². The fraction of sp³-hybridized carbons (Fsp3) is 0.500. The van der Waals surface area contributed by atoms with E-state index in [2.05, 4.69) is 6.07 Å². The van der Waals surface area contributed by atoms with Gasteiger partial charge < -0.3 is 10.6 Å². The van der Waals surface area contributed by atoms with Crippen molar-refractivity contribution in [2.45, 2.75) is 38.3 Å². The summed E-state index contributed by atoms with van der Waals surface area (Å²) in [5.41, 5.74) is 7.67. The maximum atomic E-state index is 12.4. The first-order valence-corrected chi connectivity index (χ1v) is 7.11. The Morgan fingerprint density at radius 2 is 2.20 bits per heavy atom. The third kappa shape index (κ3) is 3.37. The molecule has 1 fully saturated rings. The zero-order chi connectivity index (χ0) is 14.5. The van der Waals surface area contributed by atoms with Crippen LogP contribution in [0.3, 0.4) is 0 Å². The van der Waals surface area contributed by atoms with Gasteiger partial charge in [0.25, 0.3) is 0 Å². The smallest absolute Gasteiger partial charge is 0.227 e. The van der Waals surface area contributed by atoms with Gasteiger partial charge in [-0.2, -0.15) is 5.26 Å². The van der Waals surface area contributed by atoms with Crippen molar-refractivity contribution in [2.75, 3.05) is 7.05 Å². The average molecular weight is 271 g/mol. The van der Waals surface area contributed by atoms with E-state index in [0.717, 1.165) is 31.2 Å². The van der Waals surface area contributed by atoms with Crippen LogP contribution in [-0.4, -0.2) is 23.9 Å². The Balaban J connectivity index is 2.01. The summed E-state index contributed by atoms with van der Waals surface area (Å²) in [6.07, 6.45) is 4.04. The van der Waals surface area contributed by atoms with Crippen molar-refractivity contribution in [1.29, 1.82) is 5.26 Å². The molecular formula is C16H21N3O. The standard InChI is InChI=1S/C16H21N3O/c1-19(11-13-6-4-5-12(9-13)10-17)16(20)14-7-2-3-8-15(14)18/h4-6,9,14-15H,2-3,7-8,11,18H2,1H3. The molecule has 0 aliphatic heterocycles. The molecule has 4 heteroatoms. The maximum Gasteiger partial charge on any atom is 0.227 e. The number of rotatable bonds is 3. The minimum absolute atomic E-state index is 0.0101. The Morgan fingerprint density at radius 1 is 1.45 bits per heavy atom. The molecule has 20 heavy (non-hydrogen) atoms. The normalized spacial score (nSPS) is 22.1. The van der Waals surface area contributed by atoms with Gasteiger partial charge >= 0.3 is 0 Å². The molecule has 1 amide bonds. The molecule has 2 N–H and O–H groups in total. The minimum Gasteiger partial charge on any atom is -0.341 e. The lowest BCUT2D eigenvalue weighted by atomic mass is 9.84. The van der Waals surface area contributed by atoms with Crippen LogP contribution in [0.15, 0.2) is 24.3 Å². The van der Waals surface area contributed by atoms with Crippen molar-refractivity contribution in [1.82, 2.24) is 4.90 Å². The van der Waals surface area contributed by atoms with E-state index in [9.17, 15) is 4.79 Å². The van der Waals surface area contributed by atoms with E-state index in [1.54, 1.807) is 11.0 Å². The van der Waals surface area contributed by atoms with Crippen LogP contribution in [0.5, 0.6) is 0 Å². The lowest BCUT2D eigenvalue weighted by Gasteiger charge is -2.31. The molecule has 1 aliphatic carbocycles. The summed E-state index contributed by atoms with van der Waals surface area (Å²) in [5, 5.41) is 8.90. The summed E-state index contributed by atoms with van der Waals surface area (Å²) >= 11 is 0. The molecule has 4 nitrogen and oxygen atoms in total. The van der Waals surface area contributed by atoms with Gasteiger partial charge in [-0.15, -0.1) is 0 Å². The zero-order valence-electron chi connectivity index (χ0n) is 11.9. The highest BCUT2D eigenvalue weighted by Gasteiger charge is 2.30. The Kier molecular flexibility index (Phi) is 4.75. The first-order chi connectivity index (χ1) is 9.61. The molecule has 0 spiro atoms. The third-order valence-electron chi connectivity index (χ3n) is 3.99. The molecule has 1 aromatic rings. The second kappa shape index (κ2) is 6.53. The zero-order valence-corrected chi connectivity index (χ0v) is 11.9. The molecule has 1 aromatic carbocycles. The van der Waals surface area contributed by atoms with Crippen LogP contribution in [0.4, 0.5) is 0 Å². The second-order valence-corrected chi connectivity index (χ2v) is 5.56. The van der Waals surface area contributed by atoms with E-state index >= 15 is 0 Å². The summed E-state index contributed by atoms with van der Waals surface area (Å²) in [4.78, 5) is 14.2. The Labute approximate surface area is 120 Å². The van der Waals surface area contributed by atoms with E-state index in [-0.39, 0.29) is 17.9 Å². The number of hydrogen-bond acceptors (Lipinski definition) is 3. The van der Waals surface area contributed by atoms with Crippen molar-refractivity contribution < 1.29 is 4.79 Å². The minimum atomic E-state index is -0.0482. The number of carbonyl (C=O) groups excluding carboxylic acids is 1. The van der Waals surface area contributed by atoms with Gasteiger partial charge in [0.1, 0.15) is 0 Å². The van der Waals surface area contributed by atoms with Gasteiger partial charge in [0.05, 0.1) is 17.6 Å². The van der Waals surface area contributed by atoms with Gasteiger partial charge in [-0.25, -0.2) is 0 Å². The van der Waals surface area contributed by atoms with Crippen LogP contribution in [-0.2, 0) is 11.3 Å². The first-order valence-electron chi connectivity index (χ1n) is 7.11. The van der Waals surface area contributed by atoms with Crippen LogP contribution in [0.1, 0.15) is 36.8 Å². The van der Waals surface area contributed by atoms with Gasteiger partial charge in [0, 0.05) is 19.6 Å². The number of nitrogens with zero attached hydrogens (tertiary/aromatic N) is 2. The lowest BCUT2D eigenvalue weighted by molar-refractivity contribution is -0.136. The average Bonchev–Trinajstić information content (AvgIpc) is 2.47. The highest BCUT2D eigenvalue weighted by molar-refractivity contribution is 5.79. The Bertz CT molecular complexity index is 521. The predicted octanol–water partition coefficient (Wildman–Crippen LogP) is 2.03. The largest absolute Gasteiger partial charge is 0.341 e. The summed E-state index contributed by atoms with van der Waals surface area (Å²) in [6, 6.07) is 9.48. The van der Waals surface area contributed by atoms with Gasteiger partial charge in [-0.3, -0.25) is 4.79 Å². The van der Waals surface area contributed by atoms with E-state index in [4.69, 9.17) is 11.0 Å². The number of nitrogens with two attached hydrogens (primary N) is 1. The van der Waals surface area contributed by atoms with Gasteiger partial charge in [0.15, 0.2) is 0 Å². The van der Waals surface area contributed by atoms with Crippen molar-refractivity contribution >= 4 is 5.91 Å². The molecule has 2 unspecified atom stereocenters. The molecule has 2 atom stereocenters. The molecule has 0 aromatic heterocycles. The highest BCUT2D eigenvalue weighted by atomic mass is 16.2. The van der Waals surface area contributed by atoms with Crippen LogP contribution in [0.2, 0.25) is 0 Å². The summed E-state index contributed by atoms with van der Waals surface area (Å²) < 4.78 is 0. The molecule has 2 rings (SSSR count). The SMILES string of the molecule is CN(Cc1cccc(C#N)c1)C(=O)C1CCCCC1N. The van der Waals surface area contributed by atoms with Crippen molar-refractivity contribution in [3.05, 3.63) is 35.4 Å². The number of amides is 1. The first kappa shape index (κ1) is 14.5. The predicted molar refractivity (Wildman–Crippen MR) is 77.6 cm³/mol. The number of carbonyl (C=O) groups is 1. The molecule has 0 bridgehead atoms. The van der Waals surface area contributed by atoms with Crippen LogP contribution < -0.4 is 5.73 Å². The van der Waals surface area contributed by atoms with Crippen molar-refractivity contribution in [3.63, 3.8) is 0 Å². The van der Waals surface area contributed by atoms with Crippen molar-refractivity contribution in [3.8, 4) is 6.07 Å². The van der Waals surface area contributed by atoms with E-state index in [1.807, 2.05) is 25.2 Å². The monoisotopic (exact) mass is 271 g/mol. The van der Waals surface area contributed by atoms with E-state index in [0.29, 0.717) is 12.1 Å². The fourth-order valence-electron chi connectivity index (χ4n) is 2.84. The summed E-state index contributed by atoms with van der Waals surface area (Å²) in [7, 11) is 1.81. The third-order valence-corrected chi connectivity index (χ3v) is 3.99. The Hall–Kier alpha value is -1.86. The number of nitriles is 1. The van der Waals surface area contributed by atoms with Crippen LogP contribution >= 0.6 is 0 Å². The van der Waals surface area contributed by atoms with E-state index < -0.39 is 0 Å². The van der Waals surface area contributed by atoms with Crippen LogP contribution in [0.25, 0.3) is 0 Å². The Morgan fingerprint density at radius 3 is 2.90 bits per heavy atom. The lowest BCUT2D eigenvalue weighted by Crippen LogP contribution is -2.44. The van der Waals surface area contributed by atoms with Crippen molar-refractivity contribution in [2.24, 2.45) is 11.7 Å². The quantitative estimate of drug-likeness (QED) is 0.914. The van der Waals surface area contributed by atoms with Gasteiger partial charge in [-0.1, -0.05) is 25.0 Å². The van der Waals surface area contributed by atoms with Crippen LogP contribution in [0, 0.1) is 17.2 Å². The molecular weight excluding hydrogens is 250 g/mol. The maximum absolute atomic E-state index is 12.4. The summed E-state index contributed by atoms with van der Waals surface area (Å²) in [5.74, 6) is 0.0764.